The van der Waals surface area contributed by atoms with Crippen LogP contribution in [0.3, 0.4) is 0 Å². The maximum Gasteiger partial charge on any atom is 0.236 e. The maximum atomic E-state index is 12.2. The van der Waals surface area contributed by atoms with Crippen molar-refractivity contribution in [2.45, 2.75) is 52.9 Å². The van der Waals surface area contributed by atoms with Crippen molar-refractivity contribution in [1.82, 2.24) is 9.80 Å². The van der Waals surface area contributed by atoms with Crippen molar-refractivity contribution in [2.75, 3.05) is 32.7 Å². The molecule has 0 aliphatic carbocycles. The number of hydrogen-bond acceptors (Lipinski definition) is 2. The van der Waals surface area contributed by atoms with Crippen LogP contribution in [0.5, 0.6) is 0 Å². The molecule has 2 aliphatic rings. The predicted octanol–water partition coefficient (Wildman–Crippen LogP) is 2.76. The van der Waals surface area contributed by atoms with E-state index in [1.165, 1.54) is 32.1 Å². The van der Waals surface area contributed by atoms with Crippen molar-refractivity contribution in [2.24, 2.45) is 11.3 Å². The molecule has 2 saturated heterocycles. The Bertz CT molecular complexity index is 294. The van der Waals surface area contributed by atoms with Crippen LogP contribution in [0.2, 0.25) is 0 Å². The van der Waals surface area contributed by atoms with Crippen LogP contribution in [0.1, 0.15) is 52.9 Å². The van der Waals surface area contributed by atoms with E-state index in [9.17, 15) is 4.79 Å². The zero-order valence-corrected chi connectivity index (χ0v) is 13.0. The zero-order valence-electron chi connectivity index (χ0n) is 13.0. The Morgan fingerprint density at radius 1 is 1.00 bits per heavy atom. The van der Waals surface area contributed by atoms with Gasteiger partial charge in [-0.2, -0.15) is 0 Å². The lowest BCUT2D eigenvalue weighted by atomic mass is 9.75. The molecule has 0 saturated carbocycles. The number of amides is 1. The molecular weight excluding hydrogens is 236 g/mol. The minimum atomic E-state index is 0.355. The molecule has 0 aromatic heterocycles. The first-order valence-electron chi connectivity index (χ1n) is 7.97. The SMILES string of the molecule is CC(C)(C)C1CCN(CC(=O)N2CCCCC2)CC1. The summed E-state index contributed by atoms with van der Waals surface area (Å²) in [4.78, 5) is 16.7. The Labute approximate surface area is 118 Å². The van der Waals surface area contributed by atoms with E-state index >= 15 is 0 Å². The van der Waals surface area contributed by atoms with Crippen molar-refractivity contribution < 1.29 is 4.79 Å². The highest BCUT2D eigenvalue weighted by molar-refractivity contribution is 5.78. The highest BCUT2D eigenvalue weighted by Crippen LogP contribution is 2.34. The van der Waals surface area contributed by atoms with E-state index in [2.05, 4.69) is 30.6 Å². The normalized spacial score (nSPS) is 23.6. The van der Waals surface area contributed by atoms with Gasteiger partial charge in [0.05, 0.1) is 6.54 Å². The van der Waals surface area contributed by atoms with E-state index in [1.54, 1.807) is 0 Å². The van der Waals surface area contributed by atoms with Gasteiger partial charge in [0.2, 0.25) is 5.91 Å². The van der Waals surface area contributed by atoms with Gasteiger partial charge in [-0.05, 0) is 56.5 Å². The number of carbonyl (C=O) groups is 1. The topological polar surface area (TPSA) is 23.6 Å². The molecule has 2 aliphatic heterocycles. The Morgan fingerprint density at radius 2 is 1.58 bits per heavy atom. The van der Waals surface area contributed by atoms with Gasteiger partial charge in [0.1, 0.15) is 0 Å². The molecule has 0 spiro atoms. The molecule has 0 unspecified atom stereocenters. The van der Waals surface area contributed by atoms with Crippen molar-refractivity contribution in [3.8, 4) is 0 Å². The van der Waals surface area contributed by atoms with Gasteiger partial charge in [-0.15, -0.1) is 0 Å². The van der Waals surface area contributed by atoms with Crippen LogP contribution in [0.15, 0.2) is 0 Å². The third kappa shape index (κ3) is 4.20. The van der Waals surface area contributed by atoms with Crippen LogP contribution >= 0.6 is 0 Å². The highest BCUT2D eigenvalue weighted by atomic mass is 16.2. The minimum Gasteiger partial charge on any atom is -0.342 e. The van der Waals surface area contributed by atoms with E-state index in [0.29, 0.717) is 17.9 Å². The average molecular weight is 266 g/mol. The largest absolute Gasteiger partial charge is 0.342 e. The molecule has 110 valence electrons. The molecule has 2 rings (SSSR count). The molecule has 0 radical (unpaired) electrons. The predicted molar refractivity (Wildman–Crippen MR) is 79.1 cm³/mol. The number of rotatable bonds is 2. The number of nitrogens with zero attached hydrogens (tertiary/aromatic N) is 2. The second-order valence-corrected chi connectivity index (χ2v) is 7.36. The highest BCUT2D eigenvalue weighted by Gasteiger charge is 2.29. The summed E-state index contributed by atoms with van der Waals surface area (Å²) in [5.41, 5.74) is 0.420. The quantitative estimate of drug-likeness (QED) is 0.767. The molecule has 0 aromatic carbocycles. The van der Waals surface area contributed by atoms with Gasteiger partial charge in [0.25, 0.3) is 0 Å². The third-order valence-corrected chi connectivity index (χ3v) is 4.88. The van der Waals surface area contributed by atoms with Crippen molar-refractivity contribution in [3.05, 3.63) is 0 Å². The molecule has 19 heavy (non-hydrogen) atoms. The number of carbonyl (C=O) groups excluding carboxylic acids is 1. The van der Waals surface area contributed by atoms with Crippen LogP contribution in [0.25, 0.3) is 0 Å². The monoisotopic (exact) mass is 266 g/mol. The van der Waals surface area contributed by atoms with E-state index in [-0.39, 0.29) is 0 Å². The van der Waals surface area contributed by atoms with E-state index in [1.807, 2.05) is 0 Å². The van der Waals surface area contributed by atoms with Gasteiger partial charge in [-0.1, -0.05) is 20.8 Å². The summed E-state index contributed by atoms with van der Waals surface area (Å²) in [6.07, 6.45) is 6.17. The van der Waals surface area contributed by atoms with Crippen LogP contribution in [-0.2, 0) is 4.79 Å². The summed E-state index contributed by atoms with van der Waals surface area (Å²) in [7, 11) is 0. The van der Waals surface area contributed by atoms with E-state index in [4.69, 9.17) is 0 Å². The first kappa shape index (κ1) is 14.8. The lowest BCUT2D eigenvalue weighted by Gasteiger charge is -2.39. The summed E-state index contributed by atoms with van der Waals surface area (Å²) in [6.45, 7) is 11.8. The fraction of sp³-hybridized carbons (Fsp3) is 0.938. The van der Waals surface area contributed by atoms with Gasteiger partial charge in [0, 0.05) is 13.1 Å². The number of likely N-dealkylation sites (tertiary alicyclic amines) is 2. The van der Waals surface area contributed by atoms with Crippen molar-refractivity contribution >= 4 is 5.91 Å². The summed E-state index contributed by atoms with van der Waals surface area (Å²) in [5.74, 6) is 1.17. The van der Waals surface area contributed by atoms with Crippen LogP contribution in [0, 0.1) is 11.3 Å². The van der Waals surface area contributed by atoms with Gasteiger partial charge >= 0.3 is 0 Å². The molecular formula is C16H30N2O. The van der Waals surface area contributed by atoms with Crippen LogP contribution in [-0.4, -0.2) is 48.4 Å². The Balaban J connectivity index is 1.74. The average Bonchev–Trinajstić information content (AvgIpc) is 2.39. The van der Waals surface area contributed by atoms with E-state index in [0.717, 1.165) is 32.1 Å². The summed E-state index contributed by atoms with van der Waals surface area (Å²) in [6, 6.07) is 0. The number of piperidine rings is 2. The molecule has 3 heteroatoms. The first-order chi connectivity index (χ1) is 8.97. The molecule has 2 heterocycles. The van der Waals surface area contributed by atoms with Gasteiger partial charge in [-0.25, -0.2) is 0 Å². The summed E-state index contributed by atoms with van der Waals surface area (Å²) in [5, 5.41) is 0. The third-order valence-electron chi connectivity index (χ3n) is 4.88. The molecule has 3 nitrogen and oxygen atoms in total. The molecule has 0 bridgehead atoms. The second-order valence-electron chi connectivity index (χ2n) is 7.36. The lowest BCUT2D eigenvalue weighted by molar-refractivity contribution is -0.133. The van der Waals surface area contributed by atoms with Crippen LogP contribution in [0.4, 0.5) is 0 Å². The van der Waals surface area contributed by atoms with E-state index < -0.39 is 0 Å². The second kappa shape index (κ2) is 6.25. The molecule has 0 aromatic rings. The summed E-state index contributed by atoms with van der Waals surface area (Å²) < 4.78 is 0. The maximum absolute atomic E-state index is 12.2. The first-order valence-corrected chi connectivity index (χ1v) is 7.97. The van der Waals surface area contributed by atoms with Crippen molar-refractivity contribution in [3.63, 3.8) is 0 Å². The van der Waals surface area contributed by atoms with Gasteiger partial charge in [-0.3, -0.25) is 9.69 Å². The zero-order chi connectivity index (χ0) is 13.9. The fourth-order valence-corrected chi connectivity index (χ4v) is 3.39. The molecule has 0 atom stereocenters. The summed E-state index contributed by atoms with van der Waals surface area (Å²) >= 11 is 0. The standard InChI is InChI=1S/C16H30N2O/c1-16(2,3)14-7-11-17(12-8-14)13-15(19)18-9-5-4-6-10-18/h14H,4-13H2,1-3H3. The number of hydrogen-bond donors (Lipinski definition) is 0. The van der Waals surface area contributed by atoms with Gasteiger partial charge < -0.3 is 4.90 Å². The Hall–Kier alpha value is -0.570. The lowest BCUT2D eigenvalue weighted by Crippen LogP contribution is -2.46. The Morgan fingerprint density at radius 3 is 2.11 bits per heavy atom. The smallest absolute Gasteiger partial charge is 0.236 e. The van der Waals surface area contributed by atoms with Crippen molar-refractivity contribution in [1.29, 1.82) is 0 Å². The van der Waals surface area contributed by atoms with Gasteiger partial charge in [0.15, 0.2) is 0 Å². The molecule has 2 fully saturated rings. The molecule has 1 amide bonds. The minimum absolute atomic E-state index is 0.355. The molecule has 0 N–H and O–H groups in total. The fourth-order valence-electron chi connectivity index (χ4n) is 3.39. The van der Waals surface area contributed by atoms with Crippen LogP contribution < -0.4 is 0 Å². The Kier molecular flexibility index (Phi) is 4.88.